The van der Waals surface area contributed by atoms with E-state index in [1.807, 2.05) is 19.4 Å². The van der Waals surface area contributed by atoms with Crippen LogP contribution in [0.15, 0.2) is 35.6 Å². The molecule has 10 heteroatoms. The molecule has 0 spiro atoms. The average Bonchev–Trinajstić information content (AvgIpc) is 3.13. The maximum absolute atomic E-state index is 6.11. The van der Waals surface area contributed by atoms with E-state index >= 15 is 0 Å². The topological polar surface area (TPSA) is 63.9 Å². The highest BCUT2D eigenvalue weighted by molar-refractivity contribution is 14.0. The molecular formula is C19H26Cl2IN5O2. The molecule has 2 aromatic rings. The first-order valence-electron chi connectivity index (χ1n) is 9.20. The Hall–Kier alpha value is -1.23. The number of hydrogen-bond donors (Lipinski definition) is 1. The quantitative estimate of drug-likeness (QED) is 0.255. The fourth-order valence-corrected chi connectivity index (χ4v) is 3.49. The molecule has 1 aromatic carbocycles. The Kier molecular flexibility index (Phi) is 9.81. The second-order valence-corrected chi connectivity index (χ2v) is 7.35. The van der Waals surface area contributed by atoms with Crippen molar-refractivity contribution in [3.63, 3.8) is 0 Å². The number of ether oxygens (including phenoxy) is 2. The smallest absolute Gasteiger partial charge is 0.193 e. The highest BCUT2D eigenvalue weighted by Crippen LogP contribution is 2.27. The van der Waals surface area contributed by atoms with Crippen molar-refractivity contribution < 1.29 is 9.47 Å². The first-order valence-corrected chi connectivity index (χ1v) is 9.96. The molecule has 0 bridgehead atoms. The van der Waals surface area contributed by atoms with Crippen molar-refractivity contribution in [2.45, 2.75) is 12.5 Å². The summed E-state index contributed by atoms with van der Waals surface area (Å²) < 4.78 is 13.4. The van der Waals surface area contributed by atoms with Gasteiger partial charge in [-0.05, 0) is 24.6 Å². The molecule has 1 N–H and O–H groups in total. The number of aliphatic imine (C=N–C) groups is 1. The van der Waals surface area contributed by atoms with Gasteiger partial charge in [-0.1, -0.05) is 23.2 Å². The van der Waals surface area contributed by atoms with Crippen LogP contribution in [0.4, 0.5) is 0 Å². The Labute approximate surface area is 198 Å². The Morgan fingerprint density at radius 1 is 1.41 bits per heavy atom. The molecule has 1 atom stereocenters. The molecule has 0 saturated carbocycles. The van der Waals surface area contributed by atoms with E-state index in [0.717, 1.165) is 37.6 Å². The summed E-state index contributed by atoms with van der Waals surface area (Å²) in [4.78, 5) is 6.61. The second-order valence-electron chi connectivity index (χ2n) is 6.50. The third-order valence-corrected chi connectivity index (χ3v) is 4.96. The number of nitrogens with zero attached hydrogens (tertiary/aromatic N) is 4. The highest BCUT2D eigenvalue weighted by atomic mass is 127. The molecule has 1 aliphatic heterocycles. The van der Waals surface area contributed by atoms with Gasteiger partial charge < -0.3 is 19.7 Å². The molecule has 0 amide bonds. The van der Waals surface area contributed by atoms with Crippen LogP contribution < -0.4 is 10.1 Å². The Bertz CT molecular complexity index is 818. The first kappa shape index (κ1) is 24.0. The van der Waals surface area contributed by atoms with Gasteiger partial charge in [0.1, 0.15) is 11.9 Å². The molecule has 160 valence electrons. The lowest BCUT2D eigenvalue weighted by molar-refractivity contribution is -0.00803. The Morgan fingerprint density at radius 2 is 2.24 bits per heavy atom. The van der Waals surface area contributed by atoms with Gasteiger partial charge in [0.15, 0.2) is 5.96 Å². The van der Waals surface area contributed by atoms with Crippen molar-refractivity contribution in [2.24, 2.45) is 12.0 Å². The van der Waals surface area contributed by atoms with E-state index in [-0.39, 0.29) is 30.1 Å². The monoisotopic (exact) mass is 553 g/mol. The molecule has 1 saturated heterocycles. The van der Waals surface area contributed by atoms with E-state index in [4.69, 9.17) is 32.7 Å². The van der Waals surface area contributed by atoms with Crippen LogP contribution in [0.5, 0.6) is 5.75 Å². The molecule has 0 aliphatic carbocycles. The fourth-order valence-electron chi connectivity index (χ4n) is 3.03. The minimum Gasteiger partial charge on any atom is -0.492 e. The zero-order chi connectivity index (χ0) is 19.9. The van der Waals surface area contributed by atoms with Crippen LogP contribution in [0.3, 0.4) is 0 Å². The van der Waals surface area contributed by atoms with E-state index in [1.165, 1.54) is 0 Å². The number of nitrogens with one attached hydrogen (secondary N) is 1. The molecule has 2 heterocycles. The summed E-state index contributed by atoms with van der Waals surface area (Å²) in [5, 5.41) is 8.74. The lowest BCUT2D eigenvalue weighted by atomic mass is 10.1. The molecule has 1 unspecified atom stereocenters. The van der Waals surface area contributed by atoms with Crippen molar-refractivity contribution in [3.05, 3.63) is 46.2 Å². The largest absolute Gasteiger partial charge is 0.492 e. The number of aromatic nitrogens is 2. The third-order valence-electron chi connectivity index (χ3n) is 4.43. The van der Waals surface area contributed by atoms with Gasteiger partial charge in [-0.25, -0.2) is 0 Å². The predicted molar refractivity (Wildman–Crippen MR) is 127 cm³/mol. The Morgan fingerprint density at radius 3 is 2.93 bits per heavy atom. The van der Waals surface area contributed by atoms with E-state index in [9.17, 15) is 0 Å². The third kappa shape index (κ3) is 6.91. The zero-order valence-electron chi connectivity index (χ0n) is 16.5. The van der Waals surface area contributed by atoms with Gasteiger partial charge in [-0.15, -0.1) is 24.0 Å². The van der Waals surface area contributed by atoms with Crippen LogP contribution in [0.25, 0.3) is 0 Å². The number of aryl methyl sites for hydroxylation is 1. The molecular weight excluding hydrogens is 528 g/mol. The van der Waals surface area contributed by atoms with Crippen LogP contribution in [0.1, 0.15) is 18.1 Å². The second kappa shape index (κ2) is 11.8. The van der Waals surface area contributed by atoms with Gasteiger partial charge in [-0.2, -0.15) is 5.10 Å². The number of morpholine rings is 1. The van der Waals surface area contributed by atoms with E-state index < -0.39 is 0 Å². The number of benzene rings is 1. The van der Waals surface area contributed by atoms with Crippen LogP contribution in [0.2, 0.25) is 10.0 Å². The molecule has 1 aromatic heterocycles. The molecule has 1 fully saturated rings. The van der Waals surface area contributed by atoms with Crippen LogP contribution in [-0.2, 0) is 11.8 Å². The van der Waals surface area contributed by atoms with Crippen molar-refractivity contribution in [1.29, 1.82) is 0 Å². The normalized spacial score (nSPS) is 17.0. The standard InChI is InChI=1S/C19H25Cl2N5O2.HI/c1-22-19(23-6-3-8-27-17-5-4-15(20)10-16(17)21)26-7-9-28-18(13-26)14-11-24-25(2)12-14;/h4-5,10-12,18H,3,6-9,13H2,1-2H3,(H,22,23);1H. The summed E-state index contributed by atoms with van der Waals surface area (Å²) in [6, 6.07) is 5.22. The molecule has 1 aliphatic rings. The average molecular weight is 554 g/mol. The van der Waals surface area contributed by atoms with Gasteiger partial charge in [0.05, 0.1) is 31.0 Å². The summed E-state index contributed by atoms with van der Waals surface area (Å²) >= 11 is 12.0. The molecule has 3 rings (SSSR count). The summed E-state index contributed by atoms with van der Waals surface area (Å²) in [6.07, 6.45) is 4.65. The lowest BCUT2D eigenvalue weighted by Crippen LogP contribution is -2.48. The van der Waals surface area contributed by atoms with Crippen molar-refractivity contribution in [1.82, 2.24) is 20.0 Å². The van der Waals surface area contributed by atoms with Gasteiger partial charge in [-0.3, -0.25) is 9.67 Å². The van der Waals surface area contributed by atoms with Gasteiger partial charge in [0, 0.05) is 44.0 Å². The van der Waals surface area contributed by atoms with Crippen LogP contribution >= 0.6 is 47.2 Å². The fraction of sp³-hybridized carbons (Fsp3) is 0.474. The highest BCUT2D eigenvalue weighted by Gasteiger charge is 2.24. The molecule has 7 nitrogen and oxygen atoms in total. The summed E-state index contributed by atoms with van der Waals surface area (Å²) in [7, 11) is 3.70. The summed E-state index contributed by atoms with van der Waals surface area (Å²) in [5.74, 6) is 1.50. The number of halogens is 3. The van der Waals surface area contributed by atoms with Gasteiger partial charge in [0.2, 0.25) is 0 Å². The van der Waals surface area contributed by atoms with Crippen molar-refractivity contribution >= 4 is 53.1 Å². The summed E-state index contributed by atoms with van der Waals surface area (Å²) in [5.41, 5.74) is 1.08. The SMILES string of the molecule is CN=C(NCCCOc1ccc(Cl)cc1Cl)N1CCOC(c2cnn(C)c2)C1.I. The molecule has 29 heavy (non-hydrogen) atoms. The first-order chi connectivity index (χ1) is 13.6. The minimum absolute atomic E-state index is 0. The maximum atomic E-state index is 6.11. The van der Waals surface area contributed by atoms with E-state index in [0.29, 0.717) is 29.0 Å². The number of hydrogen-bond acceptors (Lipinski definition) is 4. The van der Waals surface area contributed by atoms with Gasteiger partial charge in [0.25, 0.3) is 0 Å². The van der Waals surface area contributed by atoms with Crippen molar-refractivity contribution in [3.8, 4) is 5.75 Å². The Balaban J connectivity index is 0.00000300. The molecule has 0 radical (unpaired) electrons. The maximum Gasteiger partial charge on any atom is 0.193 e. The van der Waals surface area contributed by atoms with E-state index in [1.54, 1.807) is 29.9 Å². The summed E-state index contributed by atoms with van der Waals surface area (Å²) in [6.45, 7) is 3.48. The predicted octanol–water partition coefficient (Wildman–Crippen LogP) is 3.76. The van der Waals surface area contributed by atoms with Crippen LogP contribution in [-0.4, -0.2) is 60.5 Å². The minimum atomic E-state index is -0.00335. The van der Waals surface area contributed by atoms with Crippen LogP contribution in [0, 0.1) is 0 Å². The number of guanidine groups is 1. The van der Waals surface area contributed by atoms with Gasteiger partial charge >= 0.3 is 0 Å². The van der Waals surface area contributed by atoms with E-state index in [2.05, 4.69) is 20.3 Å². The number of rotatable bonds is 6. The van der Waals surface area contributed by atoms with Crippen molar-refractivity contribution in [2.75, 3.05) is 39.9 Å². The zero-order valence-corrected chi connectivity index (χ0v) is 20.3. The lowest BCUT2D eigenvalue weighted by Gasteiger charge is -2.34.